The van der Waals surface area contributed by atoms with Gasteiger partial charge in [-0.1, -0.05) is 17.7 Å². The third-order valence-corrected chi connectivity index (χ3v) is 3.91. The van der Waals surface area contributed by atoms with Crippen molar-refractivity contribution in [3.8, 4) is 11.5 Å². The van der Waals surface area contributed by atoms with Crippen LogP contribution in [0, 0.1) is 6.92 Å². The van der Waals surface area contributed by atoms with E-state index in [0.29, 0.717) is 24.1 Å². The molecule has 0 spiro atoms. The maximum Gasteiger partial charge on any atom is 0.319 e. The Morgan fingerprint density at radius 2 is 2.05 bits per heavy atom. The average Bonchev–Trinajstić information content (AvgIpc) is 3.01. The van der Waals surface area contributed by atoms with Crippen LogP contribution in [-0.4, -0.2) is 28.0 Å². The second-order valence-electron chi connectivity index (χ2n) is 4.30. The highest BCUT2D eigenvalue weighted by molar-refractivity contribution is 8.00. The predicted molar refractivity (Wildman–Crippen MR) is 69.7 cm³/mol. The van der Waals surface area contributed by atoms with Gasteiger partial charge in [0.25, 0.3) is 5.22 Å². The molecule has 0 aliphatic carbocycles. The second kappa shape index (κ2) is 5.05. The molecule has 0 N–H and O–H groups in total. The lowest BCUT2D eigenvalue weighted by Crippen LogP contribution is -2.09. The molecule has 1 aliphatic rings. The first-order valence-corrected chi connectivity index (χ1v) is 6.84. The molecule has 1 aromatic heterocycles. The molecule has 0 bridgehead atoms. The van der Waals surface area contributed by atoms with Crippen molar-refractivity contribution >= 4 is 17.7 Å². The summed E-state index contributed by atoms with van der Waals surface area (Å²) in [4.78, 5) is 11.4. The van der Waals surface area contributed by atoms with E-state index in [0.717, 1.165) is 5.56 Å². The smallest absolute Gasteiger partial charge is 0.319 e. The van der Waals surface area contributed by atoms with E-state index >= 15 is 0 Å². The number of hydrogen-bond acceptors (Lipinski definition) is 6. The minimum atomic E-state index is -0.230. The Balaban J connectivity index is 1.75. The summed E-state index contributed by atoms with van der Waals surface area (Å²) < 4.78 is 10.4. The zero-order chi connectivity index (χ0) is 13.2. The largest absolute Gasteiger partial charge is 0.465 e. The van der Waals surface area contributed by atoms with Crippen LogP contribution in [0.2, 0.25) is 0 Å². The molecule has 98 valence electrons. The molecule has 5 nitrogen and oxygen atoms in total. The zero-order valence-corrected chi connectivity index (χ0v) is 11.1. The first-order valence-electron chi connectivity index (χ1n) is 5.96. The quantitative estimate of drug-likeness (QED) is 0.802. The normalized spacial score (nSPS) is 18.6. The van der Waals surface area contributed by atoms with E-state index < -0.39 is 0 Å². The zero-order valence-electron chi connectivity index (χ0n) is 10.3. The summed E-state index contributed by atoms with van der Waals surface area (Å²) >= 11 is 1.26. The Bertz CT molecular complexity index is 594. The molecule has 0 unspecified atom stereocenters. The highest BCUT2D eigenvalue weighted by Gasteiger charge is 2.29. The minimum absolute atomic E-state index is 0.208. The maximum absolute atomic E-state index is 11.4. The van der Waals surface area contributed by atoms with Gasteiger partial charge in [0.05, 0.1) is 6.61 Å². The van der Waals surface area contributed by atoms with Crippen LogP contribution < -0.4 is 0 Å². The molecular formula is C13H12N2O3S. The Kier molecular flexibility index (Phi) is 3.25. The fourth-order valence-electron chi connectivity index (χ4n) is 1.78. The van der Waals surface area contributed by atoms with E-state index in [2.05, 4.69) is 10.2 Å². The standard InChI is InChI=1S/C13H12N2O3S/c1-8-2-4-9(5-3-8)11-14-15-13(18-11)19-10-6-7-17-12(10)16/h2-5,10H,6-7H2,1H3/t10-/m1/s1. The van der Waals surface area contributed by atoms with Gasteiger partial charge in [-0.3, -0.25) is 4.79 Å². The number of nitrogens with zero attached hydrogens (tertiary/aromatic N) is 2. The molecule has 6 heteroatoms. The molecule has 1 atom stereocenters. The van der Waals surface area contributed by atoms with Crippen LogP contribution in [0.15, 0.2) is 33.9 Å². The predicted octanol–water partition coefficient (Wildman–Crippen LogP) is 2.45. The summed E-state index contributed by atoms with van der Waals surface area (Å²) in [5.74, 6) is 0.258. The number of esters is 1. The van der Waals surface area contributed by atoms with E-state index in [4.69, 9.17) is 9.15 Å². The summed E-state index contributed by atoms with van der Waals surface area (Å²) in [5.41, 5.74) is 2.05. The number of cyclic esters (lactones) is 1. The molecule has 3 rings (SSSR count). The van der Waals surface area contributed by atoms with Crippen LogP contribution in [-0.2, 0) is 9.53 Å². The van der Waals surface area contributed by atoms with Gasteiger partial charge in [-0.15, -0.1) is 10.2 Å². The summed E-state index contributed by atoms with van der Waals surface area (Å²) in [7, 11) is 0. The second-order valence-corrected chi connectivity index (χ2v) is 5.46. The summed E-state index contributed by atoms with van der Waals surface area (Å²) in [6, 6.07) is 7.84. The summed E-state index contributed by atoms with van der Waals surface area (Å²) in [5, 5.41) is 8.12. The van der Waals surface area contributed by atoms with Crippen LogP contribution in [0.1, 0.15) is 12.0 Å². The highest BCUT2D eigenvalue weighted by atomic mass is 32.2. The van der Waals surface area contributed by atoms with Gasteiger partial charge in [0.15, 0.2) is 0 Å². The summed E-state index contributed by atoms with van der Waals surface area (Å²) in [6.45, 7) is 2.49. The lowest BCUT2D eigenvalue weighted by molar-refractivity contribution is -0.137. The number of thioether (sulfide) groups is 1. The molecule has 1 aromatic carbocycles. The first kappa shape index (κ1) is 12.2. The topological polar surface area (TPSA) is 65.2 Å². The number of carbonyl (C=O) groups excluding carboxylic acids is 1. The van der Waals surface area contributed by atoms with E-state index in [-0.39, 0.29) is 11.2 Å². The number of aryl methyl sites for hydroxylation is 1. The number of benzene rings is 1. The molecule has 2 aromatic rings. The van der Waals surface area contributed by atoms with Gasteiger partial charge in [0, 0.05) is 12.0 Å². The van der Waals surface area contributed by atoms with Crippen molar-refractivity contribution in [1.29, 1.82) is 0 Å². The summed E-state index contributed by atoms with van der Waals surface area (Å²) in [6.07, 6.45) is 0.686. The highest BCUT2D eigenvalue weighted by Crippen LogP contribution is 2.30. The number of hydrogen-bond donors (Lipinski definition) is 0. The molecule has 0 saturated carbocycles. The van der Waals surface area contributed by atoms with Gasteiger partial charge in [-0.05, 0) is 30.8 Å². The van der Waals surface area contributed by atoms with Crippen molar-refractivity contribution in [3.05, 3.63) is 29.8 Å². The van der Waals surface area contributed by atoms with Gasteiger partial charge in [0.2, 0.25) is 5.89 Å². The van der Waals surface area contributed by atoms with Crippen molar-refractivity contribution in [2.24, 2.45) is 0 Å². The Morgan fingerprint density at radius 1 is 1.26 bits per heavy atom. The molecule has 19 heavy (non-hydrogen) atoms. The van der Waals surface area contributed by atoms with Crippen LogP contribution in [0.5, 0.6) is 0 Å². The Morgan fingerprint density at radius 3 is 2.74 bits per heavy atom. The van der Waals surface area contributed by atoms with Gasteiger partial charge in [-0.2, -0.15) is 0 Å². The number of carbonyl (C=O) groups is 1. The van der Waals surface area contributed by atoms with Crippen molar-refractivity contribution in [2.75, 3.05) is 6.61 Å². The molecule has 0 radical (unpaired) electrons. The van der Waals surface area contributed by atoms with Crippen molar-refractivity contribution in [3.63, 3.8) is 0 Å². The fraction of sp³-hybridized carbons (Fsp3) is 0.308. The third-order valence-electron chi connectivity index (χ3n) is 2.84. The van der Waals surface area contributed by atoms with Crippen LogP contribution in [0.25, 0.3) is 11.5 Å². The van der Waals surface area contributed by atoms with Gasteiger partial charge < -0.3 is 9.15 Å². The Labute approximate surface area is 114 Å². The molecular weight excluding hydrogens is 264 g/mol. The number of aromatic nitrogens is 2. The maximum atomic E-state index is 11.4. The average molecular weight is 276 g/mol. The SMILES string of the molecule is Cc1ccc(-c2nnc(S[C@@H]3CCOC3=O)o2)cc1. The van der Waals surface area contributed by atoms with Crippen molar-refractivity contribution in [1.82, 2.24) is 10.2 Å². The molecule has 1 saturated heterocycles. The van der Waals surface area contributed by atoms with Gasteiger partial charge in [-0.25, -0.2) is 0 Å². The minimum Gasteiger partial charge on any atom is -0.465 e. The molecule has 1 aliphatic heterocycles. The van der Waals surface area contributed by atoms with E-state index in [1.807, 2.05) is 31.2 Å². The lowest BCUT2D eigenvalue weighted by atomic mass is 10.1. The van der Waals surface area contributed by atoms with E-state index in [9.17, 15) is 4.79 Å². The molecule has 0 amide bonds. The van der Waals surface area contributed by atoms with Crippen LogP contribution in [0.4, 0.5) is 0 Å². The van der Waals surface area contributed by atoms with Crippen molar-refractivity contribution in [2.45, 2.75) is 23.8 Å². The van der Waals surface area contributed by atoms with Crippen LogP contribution in [0.3, 0.4) is 0 Å². The van der Waals surface area contributed by atoms with E-state index in [1.165, 1.54) is 17.3 Å². The lowest BCUT2D eigenvalue weighted by Gasteiger charge is -1.99. The molecule has 2 heterocycles. The van der Waals surface area contributed by atoms with Crippen molar-refractivity contribution < 1.29 is 13.9 Å². The van der Waals surface area contributed by atoms with Gasteiger partial charge >= 0.3 is 5.97 Å². The molecule has 1 fully saturated rings. The van der Waals surface area contributed by atoms with Crippen LogP contribution >= 0.6 is 11.8 Å². The fourth-order valence-corrected chi connectivity index (χ4v) is 2.61. The third kappa shape index (κ3) is 2.63. The first-order chi connectivity index (χ1) is 9.22. The van der Waals surface area contributed by atoms with Gasteiger partial charge in [0.1, 0.15) is 5.25 Å². The monoisotopic (exact) mass is 276 g/mol. The number of ether oxygens (including phenoxy) is 1. The Hall–Kier alpha value is -1.82. The number of rotatable bonds is 3. The van der Waals surface area contributed by atoms with E-state index in [1.54, 1.807) is 0 Å².